The molecule has 1 amide bonds. The molecule has 0 rings (SSSR count). The zero-order valence-electron chi connectivity index (χ0n) is 11.7. The number of hydrogen-bond acceptors (Lipinski definition) is 1. The van der Waals surface area contributed by atoms with E-state index in [1.54, 1.807) is 4.90 Å². The Kier molecular flexibility index (Phi) is 10.5. The van der Waals surface area contributed by atoms with Gasteiger partial charge in [0.1, 0.15) is 0 Å². The number of halogens is 1. The van der Waals surface area contributed by atoms with Crippen LogP contribution in [0.1, 0.15) is 27.2 Å². The second-order valence-electron chi connectivity index (χ2n) is 4.33. The molecule has 0 atom stereocenters. The van der Waals surface area contributed by atoms with Gasteiger partial charge in [-0.05, 0) is 26.8 Å². The van der Waals surface area contributed by atoms with Crippen LogP contribution in [0.2, 0.25) is 0 Å². The molecule has 0 radical (unpaired) electrons. The molecule has 0 unspecified atom stereocenters. The summed E-state index contributed by atoms with van der Waals surface area (Å²) in [5.41, 5.74) is 0. The molecule has 0 aromatic heterocycles. The lowest BCUT2D eigenvalue weighted by atomic mass is 10.2. The molecular formula is C13H27ClN2O. The smallest absolute Gasteiger partial charge is 0.245 e. The largest absolute Gasteiger partial charge is 1.00 e. The lowest BCUT2D eigenvalue weighted by Crippen LogP contribution is -3.00. The van der Waals surface area contributed by atoms with E-state index in [1.807, 2.05) is 7.05 Å². The summed E-state index contributed by atoms with van der Waals surface area (Å²) in [4.78, 5) is 13.0. The van der Waals surface area contributed by atoms with Crippen LogP contribution in [-0.4, -0.2) is 55.1 Å². The maximum atomic E-state index is 11.3. The lowest BCUT2D eigenvalue weighted by molar-refractivity contribution is -0.923. The summed E-state index contributed by atoms with van der Waals surface area (Å²) < 4.78 is 1.15. The van der Waals surface area contributed by atoms with Gasteiger partial charge in [-0.2, -0.15) is 0 Å². The molecule has 3 nitrogen and oxygen atoms in total. The Bertz CT molecular complexity index is 219. The third-order valence-electron chi connectivity index (χ3n) is 3.69. The minimum atomic E-state index is 0. The van der Waals surface area contributed by atoms with E-state index in [0.717, 1.165) is 24.0 Å². The van der Waals surface area contributed by atoms with Gasteiger partial charge >= 0.3 is 0 Å². The highest BCUT2D eigenvalue weighted by atomic mass is 35.5. The van der Waals surface area contributed by atoms with Gasteiger partial charge in [0.2, 0.25) is 5.91 Å². The Morgan fingerprint density at radius 1 is 1.24 bits per heavy atom. The number of hydrogen-bond donors (Lipinski definition) is 0. The zero-order valence-corrected chi connectivity index (χ0v) is 12.5. The van der Waals surface area contributed by atoms with E-state index in [-0.39, 0.29) is 18.3 Å². The summed E-state index contributed by atoms with van der Waals surface area (Å²) >= 11 is 0. The molecule has 0 aliphatic heterocycles. The molecule has 0 fully saturated rings. The van der Waals surface area contributed by atoms with Gasteiger partial charge in [0, 0.05) is 20.0 Å². The van der Waals surface area contributed by atoms with Gasteiger partial charge in [0.05, 0.1) is 26.2 Å². The first-order valence-electron chi connectivity index (χ1n) is 6.27. The summed E-state index contributed by atoms with van der Waals surface area (Å²) in [6.45, 7) is 15.7. The molecule has 17 heavy (non-hydrogen) atoms. The molecule has 0 aromatic rings. The molecule has 0 bridgehead atoms. The van der Waals surface area contributed by atoms with Gasteiger partial charge in [-0.3, -0.25) is 4.79 Å². The fraction of sp³-hybridized carbons (Fsp3) is 0.769. The van der Waals surface area contributed by atoms with E-state index in [9.17, 15) is 4.79 Å². The fourth-order valence-electron chi connectivity index (χ4n) is 2.05. The normalized spacial score (nSPS) is 10.6. The lowest BCUT2D eigenvalue weighted by Gasteiger charge is -2.36. The molecule has 0 spiro atoms. The first kappa shape index (κ1) is 18.8. The maximum absolute atomic E-state index is 11.3. The average Bonchev–Trinajstić information content (AvgIpc) is 2.34. The molecule has 0 aromatic carbocycles. The molecular weight excluding hydrogens is 236 g/mol. The molecule has 0 aliphatic rings. The summed E-state index contributed by atoms with van der Waals surface area (Å²) in [6.07, 6.45) is 2.44. The average molecular weight is 263 g/mol. The van der Waals surface area contributed by atoms with Crippen molar-refractivity contribution in [1.29, 1.82) is 0 Å². The van der Waals surface area contributed by atoms with E-state index in [0.29, 0.717) is 0 Å². The summed E-state index contributed by atoms with van der Waals surface area (Å²) in [5, 5.41) is 0. The third-order valence-corrected chi connectivity index (χ3v) is 3.69. The minimum absolute atomic E-state index is 0. The molecule has 4 heteroatoms. The van der Waals surface area contributed by atoms with Crippen molar-refractivity contribution in [2.24, 2.45) is 0 Å². The van der Waals surface area contributed by atoms with E-state index in [4.69, 9.17) is 0 Å². The number of rotatable bonds is 8. The van der Waals surface area contributed by atoms with Crippen LogP contribution >= 0.6 is 0 Å². The Morgan fingerprint density at radius 3 is 2.06 bits per heavy atom. The van der Waals surface area contributed by atoms with Crippen LogP contribution in [0.3, 0.4) is 0 Å². The highest BCUT2D eigenvalue weighted by Crippen LogP contribution is 2.07. The number of amides is 1. The van der Waals surface area contributed by atoms with Crippen molar-refractivity contribution in [2.75, 3.05) is 39.8 Å². The fourth-order valence-corrected chi connectivity index (χ4v) is 2.05. The van der Waals surface area contributed by atoms with Crippen LogP contribution < -0.4 is 12.4 Å². The summed E-state index contributed by atoms with van der Waals surface area (Å²) in [6, 6.07) is 0. The topological polar surface area (TPSA) is 20.3 Å². The molecule has 0 saturated carbocycles. The predicted molar refractivity (Wildman–Crippen MR) is 69.2 cm³/mol. The van der Waals surface area contributed by atoms with Crippen molar-refractivity contribution in [3.05, 3.63) is 12.7 Å². The van der Waals surface area contributed by atoms with Crippen LogP contribution in [0.4, 0.5) is 0 Å². The number of nitrogens with zero attached hydrogens (tertiary/aromatic N) is 2. The highest BCUT2D eigenvalue weighted by Gasteiger charge is 2.20. The van der Waals surface area contributed by atoms with Crippen LogP contribution in [0.25, 0.3) is 0 Å². The first-order valence-corrected chi connectivity index (χ1v) is 6.27. The minimum Gasteiger partial charge on any atom is -1.00 e. The standard InChI is InChI=1S/C13H27N2O.ClH/c1-6-13(16)14(5)11-10-12-15(7-2,8-3)9-4;/h6H,1,7-12H2,2-5H3;1H/q+1;/p-1. The van der Waals surface area contributed by atoms with Crippen LogP contribution in [0.5, 0.6) is 0 Å². The van der Waals surface area contributed by atoms with E-state index >= 15 is 0 Å². The Hall–Kier alpha value is -0.540. The second kappa shape index (κ2) is 9.49. The quantitative estimate of drug-likeness (QED) is 0.402. The maximum Gasteiger partial charge on any atom is 0.245 e. The van der Waals surface area contributed by atoms with Gasteiger partial charge in [-0.1, -0.05) is 6.58 Å². The molecule has 0 heterocycles. The van der Waals surface area contributed by atoms with Crippen molar-refractivity contribution in [3.63, 3.8) is 0 Å². The van der Waals surface area contributed by atoms with E-state index in [2.05, 4.69) is 27.4 Å². The monoisotopic (exact) mass is 262 g/mol. The van der Waals surface area contributed by atoms with Crippen molar-refractivity contribution < 1.29 is 21.7 Å². The molecule has 0 aliphatic carbocycles. The Labute approximate surface area is 112 Å². The summed E-state index contributed by atoms with van der Waals surface area (Å²) in [7, 11) is 1.84. The van der Waals surface area contributed by atoms with Crippen LogP contribution in [0.15, 0.2) is 12.7 Å². The molecule has 102 valence electrons. The number of quaternary nitrogens is 1. The Morgan fingerprint density at radius 2 is 1.71 bits per heavy atom. The van der Waals surface area contributed by atoms with E-state index in [1.165, 1.54) is 25.7 Å². The SMILES string of the molecule is C=CC(=O)N(C)CCC[N+](CC)(CC)CC.[Cl-]. The van der Waals surface area contributed by atoms with Crippen LogP contribution in [0, 0.1) is 0 Å². The highest BCUT2D eigenvalue weighted by molar-refractivity contribution is 5.86. The molecule has 0 saturated heterocycles. The second-order valence-corrected chi connectivity index (χ2v) is 4.33. The third kappa shape index (κ3) is 6.08. The number of carbonyl (C=O) groups is 1. The van der Waals surface area contributed by atoms with Crippen molar-refractivity contribution in [2.45, 2.75) is 27.2 Å². The van der Waals surface area contributed by atoms with Gasteiger partial charge in [0.15, 0.2) is 0 Å². The molecule has 0 N–H and O–H groups in total. The van der Waals surface area contributed by atoms with Gasteiger partial charge < -0.3 is 21.8 Å². The van der Waals surface area contributed by atoms with E-state index < -0.39 is 0 Å². The van der Waals surface area contributed by atoms with Crippen LogP contribution in [-0.2, 0) is 4.79 Å². The van der Waals surface area contributed by atoms with Crippen molar-refractivity contribution in [1.82, 2.24) is 4.90 Å². The van der Waals surface area contributed by atoms with Gasteiger partial charge in [0.25, 0.3) is 0 Å². The Balaban J connectivity index is 0. The predicted octanol–water partition coefficient (Wildman–Crippen LogP) is -1.10. The number of likely N-dealkylation sites (N-methyl/N-ethyl adjacent to an activating group) is 1. The first-order chi connectivity index (χ1) is 7.55. The van der Waals surface area contributed by atoms with Crippen molar-refractivity contribution in [3.8, 4) is 0 Å². The van der Waals surface area contributed by atoms with Crippen molar-refractivity contribution >= 4 is 5.91 Å². The summed E-state index contributed by atoms with van der Waals surface area (Å²) in [5.74, 6) is 0.0163. The zero-order chi connectivity index (χ0) is 12.6. The number of carbonyl (C=O) groups excluding carboxylic acids is 1. The van der Waals surface area contributed by atoms with Gasteiger partial charge in [-0.25, -0.2) is 0 Å². The van der Waals surface area contributed by atoms with Gasteiger partial charge in [-0.15, -0.1) is 0 Å².